The highest BCUT2D eigenvalue weighted by molar-refractivity contribution is 7.09. The average molecular weight is 237 g/mol. The number of benzene rings is 1. The first kappa shape index (κ1) is 11.2. The van der Waals surface area contributed by atoms with Crippen LogP contribution in [0.3, 0.4) is 0 Å². The summed E-state index contributed by atoms with van der Waals surface area (Å²) >= 11 is 1.41. The van der Waals surface area contributed by atoms with Crippen LogP contribution in [0.4, 0.5) is 4.39 Å². The molecule has 0 spiro atoms. The molecule has 0 aliphatic heterocycles. The summed E-state index contributed by atoms with van der Waals surface area (Å²) in [5.74, 6) is -0.283. The molecule has 2 nitrogen and oxygen atoms in total. The quantitative estimate of drug-likeness (QED) is 0.871. The summed E-state index contributed by atoms with van der Waals surface area (Å²) in [5, 5.41) is 10.2. The van der Waals surface area contributed by atoms with E-state index in [1.807, 2.05) is 6.92 Å². The van der Waals surface area contributed by atoms with Crippen LogP contribution in [0.15, 0.2) is 23.7 Å². The van der Waals surface area contributed by atoms with Gasteiger partial charge in [-0.1, -0.05) is 6.07 Å². The van der Waals surface area contributed by atoms with Crippen LogP contribution in [0.1, 0.15) is 27.8 Å². The smallest absolute Gasteiger partial charge is 0.123 e. The largest absolute Gasteiger partial charge is 0.383 e. The van der Waals surface area contributed by atoms with Gasteiger partial charge in [0, 0.05) is 0 Å². The van der Waals surface area contributed by atoms with Crippen molar-refractivity contribution in [3.8, 4) is 0 Å². The molecule has 2 aromatic rings. The molecule has 0 aliphatic carbocycles. The molecule has 0 fully saturated rings. The number of aryl methyl sites for hydroxylation is 2. The number of nitrogens with zero attached hydrogens (tertiary/aromatic N) is 1. The highest BCUT2D eigenvalue weighted by Gasteiger charge is 2.17. The van der Waals surface area contributed by atoms with Crippen molar-refractivity contribution in [1.29, 1.82) is 0 Å². The molecule has 1 unspecified atom stereocenters. The Labute approximate surface area is 97.4 Å². The fraction of sp³-hybridized carbons (Fsp3) is 0.250. The Kier molecular flexibility index (Phi) is 3.03. The summed E-state index contributed by atoms with van der Waals surface area (Å²) in [6.45, 7) is 3.64. The number of aliphatic hydroxyl groups is 1. The first-order chi connectivity index (χ1) is 7.59. The van der Waals surface area contributed by atoms with Crippen LogP contribution in [-0.4, -0.2) is 10.1 Å². The summed E-state index contributed by atoms with van der Waals surface area (Å²) in [6, 6.07) is 4.41. The van der Waals surface area contributed by atoms with Gasteiger partial charge in [-0.3, -0.25) is 0 Å². The molecule has 1 atom stereocenters. The molecule has 84 valence electrons. The summed E-state index contributed by atoms with van der Waals surface area (Å²) in [4.78, 5) is 4.91. The minimum absolute atomic E-state index is 0.283. The minimum atomic E-state index is -0.715. The lowest BCUT2D eigenvalue weighted by atomic mass is 10.0. The Morgan fingerprint density at radius 3 is 2.69 bits per heavy atom. The van der Waals surface area contributed by atoms with Gasteiger partial charge >= 0.3 is 0 Å². The molecule has 1 aromatic carbocycles. The van der Waals surface area contributed by atoms with Crippen LogP contribution < -0.4 is 0 Å². The molecular formula is C12H12FNOS. The van der Waals surface area contributed by atoms with E-state index in [1.54, 1.807) is 18.5 Å². The van der Waals surface area contributed by atoms with Gasteiger partial charge in [-0.2, -0.15) is 0 Å². The summed E-state index contributed by atoms with van der Waals surface area (Å²) in [6.07, 6.45) is -0.715. The van der Waals surface area contributed by atoms with Crippen molar-refractivity contribution in [1.82, 2.24) is 4.98 Å². The third-order valence-electron chi connectivity index (χ3n) is 2.56. The lowest BCUT2D eigenvalue weighted by Crippen LogP contribution is -2.02. The second kappa shape index (κ2) is 4.31. The molecule has 16 heavy (non-hydrogen) atoms. The van der Waals surface area contributed by atoms with Gasteiger partial charge in [-0.25, -0.2) is 9.37 Å². The Morgan fingerprint density at radius 2 is 2.12 bits per heavy atom. The normalized spacial score (nSPS) is 12.8. The molecule has 0 bridgehead atoms. The Bertz CT molecular complexity index is 509. The predicted molar refractivity (Wildman–Crippen MR) is 62.0 cm³/mol. The lowest BCUT2D eigenvalue weighted by Gasteiger charge is -2.12. The van der Waals surface area contributed by atoms with Gasteiger partial charge in [0.25, 0.3) is 0 Å². The number of rotatable bonds is 2. The van der Waals surface area contributed by atoms with Crippen LogP contribution in [0, 0.1) is 19.7 Å². The van der Waals surface area contributed by atoms with Gasteiger partial charge in [0.05, 0.1) is 16.1 Å². The van der Waals surface area contributed by atoms with Crippen molar-refractivity contribution in [2.24, 2.45) is 0 Å². The summed E-state index contributed by atoms with van der Waals surface area (Å²) in [7, 11) is 0. The van der Waals surface area contributed by atoms with E-state index in [0.717, 1.165) is 21.7 Å². The van der Waals surface area contributed by atoms with Crippen molar-refractivity contribution >= 4 is 11.3 Å². The fourth-order valence-electron chi connectivity index (χ4n) is 1.66. The number of thiazole rings is 1. The van der Waals surface area contributed by atoms with Crippen molar-refractivity contribution in [2.75, 3.05) is 0 Å². The second-order valence-electron chi connectivity index (χ2n) is 3.71. The first-order valence-corrected chi connectivity index (χ1v) is 5.81. The third-order valence-corrected chi connectivity index (χ3v) is 3.54. The number of aromatic nitrogens is 1. The first-order valence-electron chi connectivity index (χ1n) is 4.93. The zero-order valence-corrected chi connectivity index (χ0v) is 9.88. The minimum Gasteiger partial charge on any atom is -0.383 e. The van der Waals surface area contributed by atoms with E-state index in [2.05, 4.69) is 4.98 Å². The predicted octanol–water partition coefficient (Wildman–Crippen LogP) is 2.98. The molecule has 0 saturated carbocycles. The van der Waals surface area contributed by atoms with Gasteiger partial charge in [0.15, 0.2) is 0 Å². The van der Waals surface area contributed by atoms with Crippen LogP contribution in [-0.2, 0) is 0 Å². The second-order valence-corrected chi connectivity index (χ2v) is 4.59. The highest BCUT2D eigenvalue weighted by atomic mass is 32.1. The van der Waals surface area contributed by atoms with Gasteiger partial charge < -0.3 is 5.11 Å². The molecule has 0 saturated heterocycles. The lowest BCUT2D eigenvalue weighted by molar-refractivity contribution is 0.222. The maximum atomic E-state index is 12.9. The number of hydrogen-bond acceptors (Lipinski definition) is 3. The summed E-state index contributed by atoms with van der Waals surface area (Å²) in [5.41, 5.74) is 4.00. The van der Waals surface area contributed by atoms with Crippen LogP contribution in [0.2, 0.25) is 0 Å². The van der Waals surface area contributed by atoms with Crippen molar-refractivity contribution in [3.63, 3.8) is 0 Å². The van der Waals surface area contributed by atoms with Crippen molar-refractivity contribution in [3.05, 3.63) is 51.2 Å². The van der Waals surface area contributed by atoms with E-state index < -0.39 is 6.10 Å². The van der Waals surface area contributed by atoms with Crippen molar-refractivity contribution in [2.45, 2.75) is 20.0 Å². The van der Waals surface area contributed by atoms with E-state index in [9.17, 15) is 9.50 Å². The Morgan fingerprint density at radius 1 is 1.38 bits per heavy atom. The van der Waals surface area contributed by atoms with Gasteiger partial charge in [-0.15, -0.1) is 11.3 Å². The van der Waals surface area contributed by atoms with E-state index in [4.69, 9.17) is 0 Å². The standard InChI is InChI=1S/C12H12FNOS/c1-7-5-9(13)3-4-10(7)11(15)12-8(2)14-6-16-12/h3-6,11,15H,1-2H3. The zero-order valence-electron chi connectivity index (χ0n) is 9.07. The Hall–Kier alpha value is -1.26. The molecule has 1 heterocycles. The Balaban J connectivity index is 2.41. The topological polar surface area (TPSA) is 33.1 Å². The van der Waals surface area contributed by atoms with E-state index >= 15 is 0 Å². The fourth-order valence-corrected chi connectivity index (χ4v) is 2.46. The molecule has 0 radical (unpaired) electrons. The molecule has 4 heteroatoms. The van der Waals surface area contributed by atoms with Crippen molar-refractivity contribution < 1.29 is 9.50 Å². The number of halogens is 1. The third kappa shape index (κ3) is 1.99. The molecule has 0 amide bonds. The SMILES string of the molecule is Cc1cc(F)ccc1C(O)c1scnc1C. The molecule has 1 N–H and O–H groups in total. The van der Waals surface area contributed by atoms with E-state index in [1.165, 1.54) is 23.5 Å². The van der Waals surface area contributed by atoms with Gasteiger partial charge in [0.2, 0.25) is 0 Å². The molecule has 2 rings (SSSR count). The average Bonchev–Trinajstić information content (AvgIpc) is 2.63. The monoisotopic (exact) mass is 237 g/mol. The van der Waals surface area contributed by atoms with E-state index in [-0.39, 0.29) is 5.82 Å². The maximum Gasteiger partial charge on any atom is 0.123 e. The maximum absolute atomic E-state index is 12.9. The number of aliphatic hydroxyl groups excluding tert-OH is 1. The molecular weight excluding hydrogens is 225 g/mol. The number of hydrogen-bond donors (Lipinski definition) is 1. The zero-order chi connectivity index (χ0) is 11.7. The van der Waals surface area contributed by atoms with Gasteiger partial charge in [0.1, 0.15) is 11.9 Å². The van der Waals surface area contributed by atoms with Crippen LogP contribution in [0.25, 0.3) is 0 Å². The van der Waals surface area contributed by atoms with Crippen LogP contribution in [0.5, 0.6) is 0 Å². The highest BCUT2D eigenvalue weighted by Crippen LogP contribution is 2.29. The van der Waals surface area contributed by atoms with Gasteiger partial charge in [-0.05, 0) is 37.1 Å². The summed E-state index contributed by atoms with van der Waals surface area (Å²) < 4.78 is 12.9. The van der Waals surface area contributed by atoms with Crippen LogP contribution >= 0.6 is 11.3 Å². The molecule has 0 aliphatic rings. The molecule has 1 aromatic heterocycles. The van der Waals surface area contributed by atoms with E-state index in [0.29, 0.717) is 0 Å².